The largest absolute Gasteiger partial charge is 0.352 e. The lowest BCUT2D eigenvalue weighted by molar-refractivity contribution is 0.0955. The third-order valence-corrected chi connectivity index (χ3v) is 4.45. The standard InChI is InChI=1S/C19H16Cl2N2O/c1-2-9-22-19(24)14-11-18(12-7-8-15(20)16(21)10-12)23-17-6-4-3-5-13(14)17/h3-8,10-11H,2,9H2,1H3,(H,22,24). The normalized spacial score (nSPS) is 10.8. The Morgan fingerprint density at radius 2 is 1.88 bits per heavy atom. The first-order valence-electron chi connectivity index (χ1n) is 7.73. The first kappa shape index (κ1) is 16.7. The highest BCUT2D eigenvalue weighted by molar-refractivity contribution is 6.42. The number of amides is 1. The van der Waals surface area contributed by atoms with Crippen molar-refractivity contribution in [1.82, 2.24) is 10.3 Å². The topological polar surface area (TPSA) is 42.0 Å². The molecule has 1 aromatic heterocycles. The van der Waals surface area contributed by atoms with E-state index in [-0.39, 0.29) is 5.91 Å². The molecule has 0 aliphatic heterocycles. The molecule has 0 saturated heterocycles. The predicted octanol–water partition coefficient (Wildman–Crippen LogP) is 5.35. The second-order valence-electron chi connectivity index (χ2n) is 5.46. The van der Waals surface area contributed by atoms with Gasteiger partial charge in [0.2, 0.25) is 0 Å². The molecule has 0 aliphatic rings. The molecule has 3 aromatic rings. The van der Waals surface area contributed by atoms with Crippen molar-refractivity contribution in [3.63, 3.8) is 0 Å². The number of carbonyl (C=O) groups is 1. The van der Waals surface area contributed by atoms with Gasteiger partial charge in [0.1, 0.15) is 0 Å². The average Bonchev–Trinajstić information content (AvgIpc) is 2.61. The van der Waals surface area contributed by atoms with Gasteiger partial charge in [0.15, 0.2) is 0 Å². The number of halogens is 2. The summed E-state index contributed by atoms with van der Waals surface area (Å²) >= 11 is 12.1. The van der Waals surface area contributed by atoms with Crippen molar-refractivity contribution < 1.29 is 4.79 Å². The zero-order valence-electron chi connectivity index (χ0n) is 13.1. The van der Waals surface area contributed by atoms with Crippen LogP contribution in [0.2, 0.25) is 10.0 Å². The van der Waals surface area contributed by atoms with Crippen molar-refractivity contribution in [3.05, 3.63) is 64.1 Å². The van der Waals surface area contributed by atoms with Crippen molar-refractivity contribution in [2.75, 3.05) is 6.54 Å². The van der Waals surface area contributed by atoms with Crippen LogP contribution < -0.4 is 5.32 Å². The van der Waals surface area contributed by atoms with Crippen LogP contribution in [-0.2, 0) is 0 Å². The van der Waals surface area contributed by atoms with Crippen molar-refractivity contribution >= 4 is 40.0 Å². The fraction of sp³-hybridized carbons (Fsp3) is 0.158. The fourth-order valence-electron chi connectivity index (χ4n) is 2.50. The molecule has 1 amide bonds. The number of hydrogen-bond donors (Lipinski definition) is 1. The van der Waals surface area contributed by atoms with E-state index < -0.39 is 0 Å². The molecular weight excluding hydrogens is 343 g/mol. The number of hydrogen-bond acceptors (Lipinski definition) is 2. The number of nitrogens with zero attached hydrogens (tertiary/aromatic N) is 1. The molecule has 122 valence electrons. The highest BCUT2D eigenvalue weighted by Crippen LogP contribution is 2.30. The van der Waals surface area contributed by atoms with Gasteiger partial charge in [-0.2, -0.15) is 0 Å². The van der Waals surface area contributed by atoms with Crippen molar-refractivity contribution in [2.45, 2.75) is 13.3 Å². The zero-order chi connectivity index (χ0) is 17.1. The Morgan fingerprint density at radius 3 is 2.62 bits per heavy atom. The summed E-state index contributed by atoms with van der Waals surface area (Å²) in [5.41, 5.74) is 2.88. The van der Waals surface area contributed by atoms with Crippen molar-refractivity contribution in [1.29, 1.82) is 0 Å². The average molecular weight is 359 g/mol. The number of benzene rings is 2. The molecule has 1 N–H and O–H groups in total. The molecule has 0 radical (unpaired) electrons. The van der Waals surface area contributed by atoms with Gasteiger partial charge in [-0.3, -0.25) is 4.79 Å². The van der Waals surface area contributed by atoms with Gasteiger partial charge in [-0.1, -0.05) is 54.4 Å². The molecule has 0 bridgehead atoms. The van der Waals surface area contributed by atoms with E-state index in [0.717, 1.165) is 22.9 Å². The summed E-state index contributed by atoms with van der Waals surface area (Å²) < 4.78 is 0. The minimum atomic E-state index is -0.100. The first-order chi connectivity index (χ1) is 11.6. The summed E-state index contributed by atoms with van der Waals surface area (Å²) in [5.74, 6) is -0.100. The summed E-state index contributed by atoms with van der Waals surface area (Å²) in [6.45, 7) is 2.66. The third-order valence-electron chi connectivity index (χ3n) is 3.71. The van der Waals surface area contributed by atoms with Crippen molar-refractivity contribution in [3.8, 4) is 11.3 Å². The van der Waals surface area contributed by atoms with Gasteiger partial charge in [-0.15, -0.1) is 0 Å². The number of fused-ring (bicyclic) bond motifs is 1. The predicted molar refractivity (Wildman–Crippen MR) is 99.8 cm³/mol. The van der Waals surface area contributed by atoms with E-state index >= 15 is 0 Å². The Morgan fingerprint density at radius 1 is 1.08 bits per heavy atom. The quantitative estimate of drug-likeness (QED) is 0.682. The van der Waals surface area contributed by atoms with E-state index in [2.05, 4.69) is 10.3 Å². The van der Waals surface area contributed by atoms with Gasteiger partial charge in [-0.25, -0.2) is 4.98 Å². The molecule has 0 spiro atoms. The van der Waals surface area contributed by atoms with Crippen LogP contribution in [-0.4, -0.2) is 17.4 Å². The maximum absolute atomic E-state index is 12.5. The molecule has 3 nitrogen and oxygen atoms in total. The first-order valence-corrected chi connectivity index (χ1v) is 8.49. The third kappa shape index (κ3) is 3.37. The molecule has 0 atom stereocenters. The molecule has 0 saturated carbocycles. The fourth-order valence-corrected chi connectivity index (χ4v) is 2.80. The Labute approximate surface area is 150 Å². The van der Waals surface area contributed by atoms with Crippen LogP contribution in [0.1, 0.15) is 23.7 Å². The Balaban J connectivity index is 2.15. The van der Waals surface area contributed by atoms with Crippen LogP contribution in [0.4, 0.5) is 0 Å². The molecule has 2 aromatic carbocycles. The number of nitrogens with one attached hydrogen (secondary N) is 1. The van der Waals surface area contributed by atoms with Gasteiger partial charge in [-0.05, 0) is 30.7 Å². The van der Waals surface area contributed by atoms with E-state index in [1.165, 1.54) is 0 Å². The molecule has 0 fully saturated rings. The summed E-state index contributed by atoms with van der Waals surface area (Å²) in [5, 5.41) is 4.70. The second-order valence-corrected chi connectivity index (χ2v) is 6.27. The minimum absolute atomic E-state index is 0.100. The maximum atomic E-state index is 12.5. The Hall–Kier alpha value is -2.10. The van der Waals surface area contributed by atoms with E-state index in [0.29, 0.717) is 27.8 Å². The molecule has 0 unspecified atom stereocenters. The molecule has 24 heavy (non-hydrogen) atoms. The van der Waals surface area contributed by atoms with Crippen LogP contribution in [0.3, 0.4) is 0 Å². The monoisotopic (exact) mass is 358 g/mol. The van der Waals surface area contributed by atoms with E-state index in [1.54, 1.807) is 18.2 Å². The van der Waals surface area contributed by atoms with Gasteiger partial charge in [0.25, 0.3) is 5.91 Å². The van der Waals surface area contributed by atoms with E-state index in [4.69, 9.17) is 23.2 Å². The molecule has 1 heterocycles. The zero-order valence-corrected chi connectivity index (χ0v) is 14.7. The lowest BCUT2D eigenvalue weighted by Gasteiger charge is -2.10. The van der Waals surface area contributed by atoms with Gasteiger partial charge in [0, 0.05) is 17.5 Å². The molecule has 0 aliphatic carbocycles. The van der Waals surface area contributed by atoms with Crippen LogP contribution >= 0.6 is 23.2 Å². The van der Waals surface area contributed by atoms with Crippen molar-refractivity contribution in [2.24, 2.45) is 0 Å². The molecule has 5 heteroatoms. The number of aromatic nitrogens is 1. The van der Waals surface area contributed by atoms with E-state index in [1.807, 2.05) is 37.3 Å². The van der Waals surface area contributed by atoms with Gasteiger partial charge >= 0.3 is 0 Å². The second kappa shape index (κ2) is 7.20. The van der Waals surface area contributed by atoms with Crippen LogP contribution in [0.25, 0.3) is 22.2 Å². The Bertz CT molecular complexity index is 909. The summed E-state index contributed by atoms with van der Waals surface area (Å²) in [6, 6.07) is 14.7. The number of para-hydroxylation sites is 1. The maximum Gasteiger partial charge on any atom is 0.252 e. The lowest BCUT2D eigenvalue weighted by Crippen LogP contribution is -2.24. The lowest BCUT2D eigenvalue weighted by atomic mass is 10.0. The highest BCUT2D eigenvalue weighted by atomic mass is 35.5. The minimum Gasteiger partial charge on any atom is -0.352 e. The molecule has 3 rings (SSSR count). The SMILES string of the molecule is CCCNC(=O)c1cc(-c2ccc(Cl)c(Cl)c2)nc2ccccc12. The van der Waals surface area contributed by atoms with Gasteiger partial charge in [0.05, 0.1) is 26.8 Å². The summed E-state index contributed by atoms with van der Waals surface area (Å²) in [6.07, 6.45) is 0.883. The highest BCUT2D eigenvalue weighted by Gasteiger charge is 2.14. The number of pyridine rings is 1. The molecular formula is C19H16Cl2N2O. The van der Waals surface area contributed by atoms with E-state index in [9.17, 15) is 4.79 Å². The van der Waals surface area contributed by atoms with Gasteiger partial charge < -0.3 is 5.32 Å². The Kier molecular flexibility index (Phi) is 5.03. The summed E-state index contributed by atoms with van der Waals surface area (Å²) in [7, 11) is 0. The number of rotatable bonds is 4. The number of carbonyl (C=O) groups excluding carboxylic acids is 1. The summed E-state index contributed by atoms with van der Waals surface area (Å²) in [4.78, 5) is 17.2. The smallest absolute Gasteiger partial charge is 0.252 e. The van der Waals surface area contributed by atoms with Crippen LogP contribution in [0, 0.1) is 0 Å². The van der Waals surface area contributed by atoms with Crippen LogP contribution in [0.5, 0.6) is 0 Å². The van der Waals surface area contributed by atoms with Crippen LogP contribution in [0.15, 0.2) is 48.5 Å².